The fourth-order valence-electron chi connectivity index (χ4n) is 4.03. The Morgan fingerprint density at radius 1 is 1.11 bits per heavy atom. The third kappa shape index (κ3) is 3.60. The molecule has 1 aromatic heterocycles. The molecule has 0 aliphatic carbocycles. The molecule has 0 atom stereocenters. The molecular weight excluding hydrogens is 341 g/mol. The quantitative estimate of drug-likeness (QED) is 0.697. The smallest absolute Gasteiger partial charge is 0.219 e. The van der Waals surface area contributed by atoms with Gasteiger partial charge in [0.15, 0.2) is 0 Å². The Balaban J connectivity index is 1.43. The van der Waals surface area contributed by atoms with Crippen molar-refractivity contribution in [1.29, 1.82) is 0 Å². The largest absolute Gasteiger partial charge is 0.360 e. The van der Waals surface area contributed by atoms with E-state index < -0.39 is 0 Å². The number of carbonyl (C=O) groups excluding carboxylic acids is 1. The highest BCUT2D eigenvalue weighted by Gasteiger charge is 2.25. The molecule has 1 saturated heterocycles. The fourth-order valence-corrected chi connectivity index (χ4v) is 4.03. The molecule has 2 heterocycles. The van der Waals surface area contributed by atoms with E-state index in [0.29, 0.717) is 6.54 Å². The molecule has 1 aliphatic heterocycles. The van der Waals surface area contributed by atoms with Crippen LogP contribution < -0.4 is 9.80 Å². The third-order valence-electron chi connectivity index (χ3n) is 5.49. The number of fused-ring (bicyclic) bond motifs is 1. The number of aromatic nitrogens is 1. The van der Waals surface area contributed by atoms with Crippen molar-refractivity contribution in [3.8, 4) is 0 Å². The van der Waals surface area contributed by atoms with Crippen molar-refractivity contribution < 1.29 is 14.1 Å². The van der Waals surface area contributed by atoms with Crippen molar-refractivity contribution in [2.75, 3.05) is 37.6 Å². The van der Waals surface area contributed by atoms with E-state index in [-0.39, 0.29) is 11.6 Å². The molecule has 3 aromatic rings. The second-order valence-electron chi connectivity index (χ2n) is 7.49. The minimum Gasteiger partial charge on any atom is -0.360 e. The van der Waals surface area contributed by atoms with Crippen molar-refractivity contribution in [2.24, 2.45) is 0 Å². The van der Waals surface area contributed by atoms with Crippen LogP contribution in [0.4, 0.5) is 10.1 Å². The van der Waals surface area contributed by atoms with Gasteiger partial charge in [-0.2, -0.15) is 0 Å². The summed E-state index contributed by atoms with van der Waals surface area (Å²) in [6.07, 6.45) is 0. The number of nitrogens with one attached hydrogen (secondary N) is 2. The highest BCUT2D eigenvalue weighted by Crippen LogP contribution is 2.23. The van der Waals surface area contributed by atoms with Crippen LogP contribution in [0.1, 0.15) is 21.6 Å². The molecule has 2 N–H and O–H groups in total. The summed E-state index contributed by atoms with van der Waals surface area (Å²) in [5.74, 6) is -0.00858. The van der Waals surface area contributed by atoms with Crippen LogP contribution in [-0.4, -0.2) is 43.5 Å². The average molecular weight is 366 g/mol. The van der Waals surface area contributed by atoms with E-state index in [0.717, 1.165) is 54.0 Å². The maximum atomic E-state index is 13.1. The van der Waals surface area contributed by atoms with Gasteiger partial charge in [-0.1, -0.05) is 12.1 Å². The van der Waals surface area contributed by atoms with Crippen LogP contribution in [0.2, 0.25) is 0 Å². The Bertz CT molecular complexity index is 969. The Hall–Kier alpha value is -2.66. The predicted molar refractivity (Wildman–Crippen MR) is 106 cm³/mol. The summed E-state index contributed by atoms with van der Waals surface area (Å²) < 4.78 is 13.1. The number of ketones is 1. The second kappa shape index (κ2) is 7.16. The van der Waals surface area contributed by atoms with Gasteiger partial charge in [-0.15, -0.1) is 0 Å². The highest BCUT2D eigenvalue weighted by atomic mass is 19.1. The first kappa shape index (κ1) is 17.7. The zero-order valence-electron chi connectivity index (χ0n) is 15.8. The lowest BCUT2D eigenvalue weighted by Crippen LogP contribution is -3.15. The molecule has 0 saturated carbocycles. The topological polar surface area (TPSA) is 40.5 Å². The first-order valence-electron chi connectivity index (χ1n) is 9.47. The molecule has 0 spiro atoms. The van der Waals surface area contributed by atoms with Gasteiger partial charge in [0.2, 0.25) is 5.78 Å². The van der Waals surface area contributed by atoms with Crippen LogP contribution in [0.3, 0.4) is 0 Å². The minimum atomic E-state index is -0.210. The van der Waals surface area contributed by atoms with E-state index in [2.05, 4.69) is 28.9 Å². The highest BCUT2D eigenvalue weighted by molar-refractivity contribution is 6.09. The molecule has 0 bridgehead atoms. The van der Waals surface area contributed by atoms with Gasteiger partial charge in [0.05, 0.1) is 31.7 Å². The number of hydrogen-bond donors (Lipinski definition) is 2. The van der Waals surface area contributed by atoms with Crippen molar-refractivity contribution >= 4 is 22.4 Å². The van der Waals surface area contributed by atoms with E-state index in [1.165, 1.54) is 22.6 Å². The van der Waals surface area contributed by atoms with Gasteiger partial charge in [-0.05, 0) is 49.7 Å². The van der Waals surface area contributed by atoms with Gasteiger partial charge in [0, 0.05) is 22.3 Å². The van der Waals surface area contributed by atoms with Gasteiger partial charge in [0.25, 0.3) is 0 Å². The summed E-state index contributed by atoms with van der Waals surface area (Å²) in [7, 11) is 0. The lowest BCUT2D eigenvalue weighted by Gasteiger charge is -2.33. The molecule has 0 amide bonds. The maximum Gasteiger partial charge on any atom is 0.219 e. The van der Waals surface area contributed by atoms with Crippen LogP contribution in [0.25, 0.3) is 10.9 Å². The molecule has 27 heavy (non-hydrogen) atoms. The Morgan fingerprint density at radius 3 is 2.52 bits per heavy atom. The summed E-state index contributed by atoms with van der Waals surface area (Å²) in [6.45, 7) is 8.11. The lowest BCUT2D eigenvalue weighted by molar-refractivity contribution is -0.892. The lowest BCUT2D eigenvalue weighted by atomic mass is 10.0. The number of aryl methyl sites for hydroxylation is 2. The van der Waals surface area contributed by atoms with Gasteiger partial charge in [-0.25, -0.2) is 4.39 Å². The standard InChI is InChI=1S/C22H24FN3O/c1-15-3-8-19-20(13-15)24-16(2)22(19)21(27)14-25-9-11-26(12-10-25)18-6-4-17(23)5-7-18/h3-8,13,24H,9-12,14H2,1-2H3/p+1. The molecule has 1 aliphatic rings. The van der Waals surface area contributed by atoms with E-state index in [9.17, 15) is 9.18 Å². The van der Waals surface area contributed by atoms with Crippen molar-refractivity contribution in [3.63, 3.8) is 0 Å². The second-order valence-corrected chi connectivity index (χ2v) is 7.49. The van der Waals surface area contributed by atoms with Gasteiger partial charge in [-0.3, -0.25) is 4.79 Å². The molecule has 2 aromatic carbocycles. The zero-order chi connectivity index (χ0) is 19.0. The summed E-state index contributed by atoms with van der Waals surface area (Å²) in [5.41, 5.74) is 5.05. The number of carbonyl (C=O) groups is 1. The number of rotatable bonds is 4. The van der Waals surface area contributed by atoms with Gasteiger partial charge < -0.3 is 14.8 Å². The SMILES string of the molecule is Cc1ccc2c(C(=O)C[NH+]3CCN(c4ccc(F)cc4)CC3)c(C)[nH]c2c1. The number of piperazine rings is 1. The zero-order valence-corrected chi connectivity index (χ0v) is 15.8. The molecule has 5 heteroatoms. The number of benzene rings is 2. The van der Waals surface area contributed by atoms with Crippen molar-refractivity contribution in [3.05, 3.63) is 65.1 Å². The number of anilines is 1. The molecule has 1 fully saturated rings. The van der Waals surface area contributed by atoms with Crippen molar-refractivity contribution in [1.82, 2.24) is 4.98 Å². The van der Waals surface area contributed by atoms with E-state index >= 15 is 0 Å². The first-order chi connectivity index (χ1) is 13.0. The van der Waals surface area contributed by atoms with E-state index in [1.807, 2.05) is 25.1 Å². The van der Waals surface area contributed by atoms with Gasteiger partial charge in [0.1, 0.15) is 12.4 Å². The molecule has 4 nitrogen and oxygen atoms in total. The number of quaternary nitrogens is 1. The summed E-state index contributed by atoms with van der Waals surface area (Å²) in [4.78, 5) is 19.9. The molecule has 0 radical (unpaired) electrons. The van der Waals surface area contributed by atoms with E-state index in [4.69, 9.17) is 0 Å². The maximum absolute atomic E-state index is 13.1. The summed E-state index contributed by atoms with van der Waals surface area (Å²) in [5, 5.41) is 1.02. The molecule has 0 unspecified atom stereocenters. The molecule has 4 rings (SSSR count). The Labute approximate surface area is 158 Å². The van der Waals surface area contributed by atoms with Crippen LogP contribution in [-0.2, 0) is 0 Å². The number of aromatic amines is 1. The van der Waals surface area contributed by atoms with E-state index in [1.54, 1.807) is 0 Å². The van der Waals surface area contributed by atoms with Crippen LogP contribution in [0.15, 0.2) is 42.5 Å². The normalized spacial score (nSPS) is 15.4. The first-order valence-corrected chi connectivity index (χ1v) is 9.47. The number of hydrogen-bond acceptors (Lipinski definition) is 2. The van der Waals surface area contributed by atoms with Crippen LogP contribution in [0, 0.1) is 19.7 Å². The number of nitrogens with zero attached hydrogens (tertiary/aromatic N) is 1. The number of Topliss-reactive ketones (excluding diaryl/α,β-unsaturated/α-hetero) is 1. The van der Waals surface area contributed by atoms with Crippen LogP contribution in [0.5, 0.6) is 0 Å². The number of halogens is 1. The molecule has 140 valence electrons. The average Bonchev–Trinajstić information content (AvgIpc) is 2.98. The predicted octanol–water partition coefficient (Wildman–Crippen LogP) is 2.51. The minimum absolute atomic E-state index is 0.202. The third-order valence-corrected chi connectivity index (χ3v) is 5.49. The fraction of sp³-hybridized carbons (Fsp3) is 0.318. The summed E-state index contributed by atoms with van der Waals surface area (Å²) >= 11 is 0. The Morgan fingerprint density at radius 2 is 1.81 bits per heavy atom. The van der Waals surface area contributed by atoms with Gasteiger partial charge >= 0.3 is 0 Å². The number of H-pyrrole nitrogens is 1. The molecular formula is C22H25FN3O+. The Kier molecular flexibility index (Phi) is 4.70. The van der Waals surface area contributed by atoms with Crippen molar-refractivity contribution in [2.45, 2.75) is 13.8 Å². The monoisotopic (exact) mass is 366 g/mol. The van der Waals surface area contributed by atoms with Crippen LogP contribution >= 0.6 is 0 Å². The summed E-state index contributed by atoms with van der Waals surface area (Å²) in [6, 6.07) is 12.8.